The van der Waals surface area contributed by atoms with Crippen LogP contribution in [0.3, 0.4) is 0 Å². The summed E-state index contributed by atoms with van der Waals surface area (Å²) in [6.45, 7) is 0. The van der Waals surface area contributed by atoms with Gasteiger partial charge in [-0.2, -0.15) is 0 Å². The molecule has 0 aliphatic carbocycles. The van der Waals surface area contributed by atoms with Crippen molar-refractivity contribution in [2.75, 3.05) is 11.1 Å². The average Bonchev–Trinajstić information content (AvgIpc) is 2.29. The Balaban J connectivity index is 2.37. The highest BCUT2D eigenvalue weighted by Gasteiger charge is 2.11. The normalized spacial score (nSPS) is 10.4. The molecule has 0 fully saturated rings. The van der Waals surface area contributed by atoms with Gasteiger partial charge in [0.2, 0.25) is 0 Å². The molecular weight excluding hydrogens is 265 g/mol. The summed E-state index contributed by atoms with van der Waals surface area (Å²) in [5.74, 6) is -3.31. The Morgan fingerprint density at radius 1 is 0.889 bits per heavy atom. The second kappa shape index (κ2) is 4.78. The first-order valence-electron chi connectivity index (χ1n) is 4.94. The smallest absolute Gasteiger partial charge is 0.161 e. The zero-order valence-corrected chi connectivity index (χ0v) is 9.73. The minimum absolute atomic E-state index is 0.208. The number of nitrogens with two attached hydrogens (primary N) is 1. The van der Waals surface area contributed by atoms with Crippen molar-refractivity contribution in [1.82, 2.24) is 0 Å². The predicted octanol–water partition coefficient (Wildman–Crippen LogP) is 4.08. The molecule has 0 heterocycles. The van der Waals surface area contributed by atoms with Crippen LogP contribution in [0.5, 0.6) is 0 Å². The molecule has 0 unspecified atom stereocenters. The van der Waals surface area contributed by atoms with E-state index in [0.717, 1.165) is 6.07 Å². The largest absolute Gasteiger partial charge is 0.399 e. The Bertz CT molecular complexity index is 602. The van der Waals surface area contributed by atoms with Crippen LogP contribution in [0.1, 0.15) is 0 Å². The van der Waals surface area contributed by atoms with Crippen molar-refractivity contribution < 1.29 is 13.2 Å². The highest BCUT2D eigenvalue weighted by molar-refractivity contribution is 6.33. The van der Waals surface area contributed by atoms with Crippen LogP contribution < -0.4 is 11.1 Å². The van der Waals surface area contributed by atoms with Crippen molar-refractivity contribution in [2.24, 2.45) is 0 Å². The second-order valence-electron chi connectivity index (χ2n) is 3.61. The third kappa shape index (κ3) is 2.51. The molecule has 2 aromatic carbocycles. The standard InChI is InChI=1S/C12H8ClF3N2/c13-7-3-6(17)1-2-11(7)18-12-5-9(15)8(14)4-10(12)16/h1-5,18H,17H2. The topological polar surface area (TPSA) is 38.0 Å². The van der Waals surface area contributed by atoms with Crippen molar-refractivity contribution >= 4 is 28.7 Å². The highest BCUT2D eigenvalue weighted by atomic mass is 35.5. The first kappa shape index (κ1) is 12.6. The molecule has 6 heteroatoms. The third-order valence-corrected chi connectivity index (χ3v) is 2.59. The van der Waals surface area contributed by atoms with Crippen LogP contribution in [0, 0.1) is 17.5 Å². The van der Waals surface area contributed by atoms with Crippen LogP contribution in [0.2, 0.25) is 5.02 Å². The van der Waals surface area contributed by atoms with E-state index < -0.39 is 17.5 Å². The van der Waals surface area contributed by atoms with Crippen LogP contribution >= 0.6 is 11.6 Å². The van der Waals surface area contributed by atoms with E-state index in [0.29, 0.717) is 17.4 Å². The molecule has 3 N–H and O–H groups in total. The van der Waals surface area contributed by atoms with Gasteiger partial charge in [0.15, 0.2) is 11.6 Å². The number of rotatable bonds is 2. The van der Waals surface area contributed by atoms with Gasteiger partial charge in [-0.25, -0.2) is 13.2 Å². The van der Waals surface area contributed by atoms with Gasteiger partial charge in [0.1, 0.15) is 5.82 Å². The molecule has 0 bridgehead atoms. The zero-order valence-electron chi connectivity index (χ0n) is 8.98. The molecule has 0 saturated carbocycles. The summed E-state index contributed by atoms with van der Waals surface area (Å²) in [5, 5.41) is 2.82. The maximum atomic E-state index is 13.4. The van der Waals surface area contributed by atoms with Gasteiger partial charge in [-0.05, 0) is 18.2 Å². The number of benzene rings is 2. The first-order valence-corrected chi connectivity index (χ1v) is 5.32. The molecule has 0 radical (unpaired) electrons. The van der Waals surface area contributed by atoms with Crippen LogP contribution in [0.15, 0.2) is 30.3 Å². The molecule has 2 rings (SSSR count). The molecular formula is C12H8ClF3N2. The fraction of sp³-hybridized carbons (Fsp3) is 0. The monoisotopic (exact) mass is 272 g/mol. The highest BCUT2D eigenvalue weighted by Crippen LogP contribution is 2.29. The van der Waals surface area contributed by atoms with Crippen LogP contribution in [-0.4, -0.2) is 0 Å². The molecule has 18 heavy (non-hydrogen) atoms. The van der Waals surface area contributed by atoms with Crippen molar-refractivity contribution in [1.29, 1.82) is 0 Å². The summed E-state index contributed by atoms with van der Waals surface area (Å²) < 4.78 is 39.1. The summed E-state index contributed by atoms with van der Waals surface area (Å²) in [7, 11) is 0. The van der Waals surface area contributed by atoms with E-state index in [1.54, 1.807) is 6.07 Å². The lowest BCUT2D eigenvalue weighted by molar-refractivity contribution is 0.496. The molecule has 2 nitrogen and oxygen atoms in total. The Morgan fingerprint density at radius 3 is 2.22 bits per heavy atom. The maximum Gasteiger partial charge on any atom is 0.161 e. The van der Waals surface area contributed by atoms with Crippen molar-refractivity contribution in [2.45, 2.75) is 0 Å². The molecule has 0 spiro atoms. The molecule has 0 aliphatic heterocycles. The zero-order chi connectivity index (χ0) is 13.3. The van der Waals surface area contributed by atoms with Gasteiger partial charge in [-0.3, -0.25) is 0 Å². The number of halogens is 4. The fourth-order valence-corrected chi connectivity index (χ4v) is 1.63. The molecule has 0 saturated heterocycles. The first-order chi connectivity index (χ1) is 8.47. The summed E-state index contributed by atoms with van der Waals surface area (Å²) >= 11 is 5.87. The van der Waals surface area contributed by atoms with Gasteiger partial charge in [-0.1, -0.05) is 11.6 Å². The van der Waals surface area contributed by atoms with Gasteiger partial charge in [0.25, 0.3) is 0 Å². The molecule has 0 aromatic heterocycles. The lowest BCUT2D eigenvalue weighted by atomic mass is 10.2. The van der Waals surface area contributed by atoms with Crippen molar-refractivity contribution in [3.8, 4) is 0 Å². The molecule has 0 aliphatic rings. The van der Waals surface area contributed by atoms with Crippen molar-refractivity contribution in [3.05, 3.63) is 52.8 Å². The Morgan fingerprint density at radius 2 is 1.56 bits per heavy atom. The van der Waals surface area contributed by atoms with E-state index in [1.165, 1.54) is 12.1 Å². The molecule has 2 aromatic rings. The average molecular weight is 273 g/mol. The number of hydrogen-bond acceptors (Lipinski definition) is 2. The summed E-state index contributed by atoms with van der Waals surface area (Å²) in [6.07, 6.45) is 0. The summed E-state index contributed by atoms with van der Waals surface area (Å²) in [6, 6.07) is 5.70. The van der Waals surface area contributed by atoms with Crippen LogP contribution in [0.4, 0.5) is 30.2 Å². The van der Waals surface area contributed by atoms with Gasteiger partial charge in [0.05, 0.1) is 16.4 Å². The minimum atomic E-state index is -1.25. The SMILES string of the molecule is Nc1ccc(Nc2cc(F)c(F)cc2F)c(Cl)c1. The Hall–Kier alpha value is -1.88. The Labute approximate surface area is 106 Å². The number of anilines is 3. The molecule has 0 atom stereocenters. The van der Waals surface area contributed by atoms with Crippen LogP contribution in [0.25, 0.3) is 0 Å². The predicted molar refractivity (Wildman–Crippen MR) is 65.5 cm³/mol. The summed E-state index contributed by atoms with van der Waals surface area (Å²) in [5.41, 5.74) is 6.08. The van der Waals surface area contributed by atoms with E-state index in [-0.39, 0.29) is 10.7 Å². The molecule has 0 amide bonds. The lowest BCUT2D eigenvalue weighted by Gasteiger charge is -2.10. The van der Waals surface area contributed by atoms with E-state index in [9.17, 15) is 13.2 Å². The van der Waals surface area contributed by atoms with E-state index in [2.05, 4.69) is 5.32 Å². The minimum Gasteiger partial charge on any atom is -0.399 e. The number of nitrogens with one attached hydrogen (secondary N) is 1. The van der Waals surface area contributed by atoms with E-state index in [1.807, 2.05) is 0 Å². The Kier molecular flexibility index (Phi) is 3.34. The van der Waals surface area contributed by atoms with Gasteiger partial charge >= 0.3 is 0 Å². The maximum absolute atomic E-state index is 13.4. The summed E-state index contributed by atoms with van der Waals surface area (Å²) in [4.78, 5) is 0. The molecule has 94 valence electrons. The van der Waals surface area contributed by atoms with E-state index >= 15 is 0 Å². The van der Waals surface area contributed by atoms with Crippen LogP contribution in [-0.2, 0) is 0 Å². The lowest BCUT2D eigenvalue weighted by Crippen LogP contribution is -1.98. The fourth-order valence-electron chi connectivity index (χ4n) is 1.40. The number of hydrogen-bond donors (Lipinski definition) is 2. The quantitative estimate of drug-likeness (QED) is 0.638. The third-order valence-electron chi connectivity index (χ3n) is 2.27. The van der Waals surface area contributed by atoms with Gasteiger partial charge in [0, 0.05) is 17.8 Å². The number of nitrogen functional groups attached to an aromatic ring is 1. The van der Waals surface area contributed by atoms with Gasteiger partial charge in [-0.15, -0.1) is 0 Å². The second-order valence-corrected chi connectivity index (χ2v) is 4.02. The van der Waals surface area contributed by atoms with Crippen molar-refractivity contribution in [3.63, 3.8) is 0 Å². The van der Waals surface area contributed by atoms with Gasteiger partial charge < -0.3 is 11.1 Å². The van der Waals surface area contributed by atoms with E-state index in [4.69, 9.17) is 17.3 Å².